The van der Waals surface area contributed by atoms with Gasteiger partial charge in [0.1, 0.15) is 5.69 Å². The predicted octanol–water partition coefficient (Wildman–Crippen LogP) is 2.27. The van der Waals surface area contributed by atoms with Crippen molar-refractivity contribution >= 4 is 17.5 Å². The molecule has 0 unspecified atom stereocenters. The molecule has 2 rings (SSSR count). The quantitative estimate of drug-likeness (QED) is 0.792. The molecule has 0 saturated carbocycles. The molecule has 0 bridgehead atoms. The van der Waals surface area contributed by atoms with E-state index in [1.54, 1.807) is 10.9 Å². The minimum absolute atomic E-state index is 0.00917. The normalized spacial score (nSPS) is 11.3. The maximum absolute atomic E-state index is 12.4. The Morgan fingerprint density at radius 3 is 2.50 bits per heavy atom. The highest BCUT2D eigenvalue weighted by atomic mass is 19.4. The van der Waals surface area contributed by atoms with E-state index in [0.717, 1.165) is 42.6 Å². The van der Waals surface area contributed by atoms with Crippen LogP contribution in [0.2, 0.25) is 0 Å². The summed E-state index contributed by atoms with van der Waals surface area (Å²) in [5, 5.41) is 8.83. The smallest absolute Gasteiger partial charge is 0.344 e. The van der Waals surface area contributed by atoms with Crippen LogP contribution >= 0.6 is 0 Å². The van der Waals surface area contributed by atoms with Crippen LogP contribution in [0.25, 0.3) is 0 Å². The molecule has 2 heterocycles. The van der Waals surface area contributed by atoms with Crippen LogP contribution in [0, 0.1) is 6.92 Å². The Morgan fingerprint density at radius 1 is 1.19 bits per heavy atom. The first-order valence-corrected chi connectivity index (χ1v) is 7.86. The van der Waals surface area contributed by atoms with Crippen molar-refractivity contribution in [2.24, 2.45) is 0 Å². The van der Waals surface area contributed by atoms with E-state index in [2.05, 4.69) is 20.7 Å². The summed E-state index contributed by atoms with van der Waals surface area (Å²) >= 11 is 0. The van der Waals surface area contributed by atoms with Gasteiger partial charge in [-0.2, -0.15) is 18.3 Å². The Kier molecular flexibility index (Phi) is 5.96. The van der Waals surface area contributed by atoms with Crippen LogP contribution in [0.1, 0.15) is 30.3 Å². The minimum Gasteiger partial charge on any atom is -0.344 e. The molecule has 7 nitrogen and oxygen atoms in total. The lowest BCUT2D eigenvalue weighted by Crippen LogP contribution is -2.35. The Hall–Kier alpha value is -2.91. The van der Waals surface area contributed by atoms with Crippen molar-refractivity contribution in [2.45, 2.75) is 39.5 Å². The fourth-order valence-corrected chi connectivity index (χ4v) is 2.18. The number of pyridine rings is 1. The van der Waals surface area contributed by atoms with E-state index in [1.807, 2.05) is 13.8 Å². The van der Waals surface area contributed by atoms with Crippen molar-refractivity contribution in [3.8, 4) is 0 Å². The standard InChI is InChI=1S/C16H18F3N5O2/c1-3-6-24-10(2)11(8-22-24)7-21-14(25)15(26)23-12-4-5-13(20-9-12)16(17,18)19/h4-5,8-9H,3,6-7H2,1-2H3,(H,21,25)(H,23,26). The van der Waals surface area contributed by atoms with Gasteiger partial charge in [0, 0.05) is 24.3 Å². The van der Waals surface area contributed by atoms with E-state index in [9.17, 15) is 22.8 Å². The zero-order valence-corrected chi connectivity index (χ0v) is 14.2. The lowest BCUT2D eigenvalue weighted by molar-refractivity contribution is -0.141. The van der Waals surface area contributed by atoms with Crippen molar-refractivity contribution in [2.75, 3.05) is 5.32 Å². The summed E-state index contributed by atoms with van der Waals surface area (Å²) in [4.78, 5) is 26.9. The van der Waals surface area contributed by atoms with Crippen LogP contribution < -0.4 is 10.6 Å². The number of rotatable bonds is 5. The molecule has 0 spiro atoms. The number of nitrogens with one attached hydrogen (secondary N) is 2. The Bertz CT molecular complexity index is 784. The molecule has 2 amide bonds. The molecule has 2 aromatic rings. The summed E-state index contributed by atoms with van der Waals surface area (Å²) < 4.78 is 39.1. The predicted molar refractivity (Wildman–Crippen MR) is 87.0 cm³/mol. The summed E-state index contributed by atoms with van der Waals surface area (Å²) in [6.45, 7) is 4.75. The van der Waals surface area contributed by atoms with Gasteiger partial charge in [0.15, 0.2) is 0 Å². The Labute approximate surface area is 147 Å². The third-order valence-electron chi connectivity index (χ3n) is 3.60. The fourth-order valence-electron chi connectivity index (χ4n) is 2.18. The molecule has 0 radical (unpaired) electrons. The minimum atomic E-state index is -4.57. The second-order valence-corrected chi connectivity index (χ2v) is 5.55. The highest BCUT2D eigenvalue weighted by Crippen LogP contribution is 2.27. The van der Waals surface area contributed by atoms with Gasteiger partial charge in [-0.1, -0.05) is 6.92 Å². The molecule has 26 heavy (non-hydrogen) atoms. The van der Waals surface area contributed by atoms with Crippen LogP contribution in [0.4, 0.5) is 18.9 Å². The van der Waals surface area contributed by atoms with Gasteiger partial charge in [0.25, 0.3) is 0 Å². The van der Waals surface area contributed by atoms with Crippen LogP contribution in [0.3, 0.4) is 0 Å². The molecule has 0 atom stereocenters. The molecule has 0 aromatic carbocycles. The number of hydrogen-bond donors (Lipinski definition) is 2. The van der Waals surface area contributed by atoms with Crippen molar-refractivity contribution in [1.29, 1.82) is 0 Å². The first-order chi connectivity index (χ1) is 12.2. The van der Waals surface area contributed by atoms with E-state index >= 15 is 0 Å². The third-order valence-corrected chi connectivity index (χ3v) is 3.60. The molecule has 0 aliphatic heterocycles. The summed E-state index contributed by atoms with van der Waals surface area (Å²) in [6, 6.07) is 1.75. The lowest BCUT2D eigenvalue weighted by atomic mass is 10.2. The summed E-state index contributed by atoms with van der Waals surface area (Å²) in [5.74, 6) is -1.90. The van der Waals surface area contributed by atoms with E-state index in [4.69, 9.17) is 0 Å². The maximum Gasteiger partial charge on any atom is 0.433 e. The first kappa shape index (κ1) is 19.4. The zero-order chi connectivity index (χ0) is 19.3. The van der Waals surface area contributed by atoms with Crippen molar-refractivity contribution in [1.82, 2.24) is 20.1 Å². The molecule has 140 valence electrons. The SMILES string of the molecule is CCCn1ncc(CNC(=O)C(=O)Nc2ccc(C(F)(F)F)nc2)c1C. The number of amides is 2. The largest absolute Gasteiger partial charge is 0.433 e. The van der Waals surface area contributed by atoms with Crippen LogP contribution in [-0.4, -0.2) is 26.6 Å². The average Bonchev–Trinajstić information content (AvgIpc) is 2.93. The molecule has 0 fully saturated rings. The highest BCUT2D eigenvalue weighted by molar-refractivity contribution is 6.39. The topological polar surface area (TPSA) is 88.9 Å². The molecule has 2 N–H and O–H groups in total. The number of alkyl halides is 3. The number of aromatic nitrogens is 3. The Morgan fingerprint density at radius 2 is 1.92 bits per heavy atom. The van der Waals surface area contributed by atoms with E-state index in [-0.39, 0.29) is 12.2 Å². The Balaban J connectivity index is 1.90. The number of anilines is 1. The van der Waals surface area contributed by atoms with Gasteiger partial charge in [-0.25, -0.2) is 4.98 Å². The lowest BCUT2D eigenvalue weighted by Gasteiger charge is -2.08. The zero-order valence-electron chi connectivity index (χ0n) is 14.2. The van der Waals surface area contributed by atoms with E-state index in [0.29, 0.717) is 0 Å². The number of nitrogens with zero attached hydrogens (tertiary/aromatic N) is 3. The second-order valence-electron chi connectivity index (χ2n) is 5.55. The first-order valence-electron chi connectivity index (χ1n) is 7.86. The summed E-state index contributed by atoms with van der Waals surface area (Å²) in [5.41, 5.74) is 0.569. The van der Waals surface area contributed by atoms with Crippen LogP contribution in [-0.2, 0) is 28.9 Å². The average molecular weight is 369 g/mol. The maximum atomic E-state index is 12.4. The number of carbonyl (C=O) groups excluding carboxylic acids is 2. The van der Waals surface area contributed by atoms with Crippen molar-refractivity contribution in [3.05, 3.63) is 41.5 Å². The van der Waals surface area contributed by atoms with Crippen LogP contribution in [0.15, 0.2) is 24.5 Å². The summed E-state index contributed by atoms with van der Waals surface area (Å²) in [7, 11) is 0. The van der Waals surface area contributed by atoms with Crippen molar-refractivity contribution in [3.63, 3.8) is 0 Å². The number of carbonyl (C=O) groups is 2. The molecule has 0 saturated heterocycles. The van der Waals surface area contributed by atoms with Crippen molar-refractivity contribution < 1.29 is 22.8 Å². The van der Waals surface area contributed by atoms with Gasteiger partial charge in [0.2, 0.25) is 0 Å². The molecular formula is C16H18F3N5O2. The summed E-state index contributed by atoms with van der Waals surface area (Å²) in [6.07, 6.45) is -1.20. The van der Waals surface area contributed by atoms with Gasteiger partial charge in [-0.05, 0) is 25.5 Å². The van der Waals surface area contributed by atoms with Gasteiger partial charge < -0.3 is 10.6 Å². The van der Waals surface area contributed by atoms with Gasteiger partial charge in [0.05, 0.1) is 18.1 Å². The molecule has 10 heteroatoms. The number of halogens is 3. The van der Waals surface area contributed by atoms with Crippen LogP contribution in [0.5, 0.6) is 0 Å². The number of hydrogen-bond acceptors (Lipinski definition) is 4. The second kappa shape index (κ2) is 7.98. The van der Waals surface area contributed by atoms with E-state index < -0.39 is 23.7 Å². The van der Waals surface area contributed by atoms with Gasteiger partial charge >= 0.3 is 18.0 Å². The van der Waals surface area contributed by atoms with Gasteiger partial charge in [-0.15, -0.1) is 0 Å². The van der Waals surface area contributed by atoms with E-state index in [1.165, 1.54) is 0 Å². The van der Waals surface area contributed by atoms with Gasteiger partial charge in [-0.3, -0.25) is 14.3 Å². The fraction of sp³-hybridized carbons (Fsp3) is 0.375. The molecular weight excluding hydrogens is 351 g/mol. The molecule has 0 aliphatic carbocycles. The number of aryl methyl sites for hydroxylation is 1. The highest BCUT2D eigenvalue weighted by Gasteiger charge is 2.32. The molecule has 2 aromatic heterocycles. The third kappa shape index (κ3) is 4.80. The molecule has 0 aliphatic rings. The monoisotopic (exact) mass is 369 g/mol.